The molecule has 0 unspecified atom stereocenters. The Kier molecular flexibility index (Phi) is 6.39. The Labute approximate surface area is 167 Å². The Bertz CT molecular complexity index is 1000. The van der Waals surface area contributed by atoms with Gasteiger partial charge in [0.15, 0.2) is 0 Å². The Balaban J connectivity index is 1.53. The highest BCUT2D eigenvalue weighted by Crippen LogP contribution is 2.17. The minimum absolute atomic E-state index is 0.306. The van der Waals surface area contributed by atoms with Crippen LogP contribution in [0.1, 0.15) is 26.6 Å². The first-order valence-corrected chi connectivity index (χ1v) is 9.39. The van der Waals surface area contributed by atoms with E-state index in [-0.39, 0.29) is 5.91 Å². The minimum atomic E-state index is -0.306. The lowest BCUT2D eigenvalue weighted by Gasteiger charge is -2.08. The first kappa shape index (κ1) is 19.1. The van der Waals surface area contributed by atoms with Crippen LogP contribution >= 0.6 is 11.3 Å². The summed E-state index contributed by atoms with van der Waals surface area (Å²) in [6, 6.07) is 18.7. The van der Waals surface area contributed by atoms with Crippen molar-refractivity contribution in [2.45, 2.75) is 13.5 Å². The third kappa shape index (κ3) is 5.19. The molecule has 6 nitrogen and oxygen atoms in total. The molecule has 7 heteroatoms. The van der Waals surface area contributed by atoms with Crippen LogP contribution in [0.2, 0.25) is 0 Å². The number of carbonyl (C=O) groups excluding carboxylic acids is 1. The monoisotopic (exact) mass is 390 g/mol. The fourth-order valence-corrected chi connectivity index (χ4v) is 3.06. The van der Waals surface area contributed by atoms with Gasteiger partial charge < -0.3 is 10.2 Å². The summed E-state index contributed by atoms with van der Waals surface area (Å²) in [5.41, 5.74) is 7.86. The van der Waals surface area contributed by atoms with Gasteiger partial charge in [0.2, 0.25) is 0 Å². The summed E-state index contributed by atoms with van der Waals surface area (Å²) in [6.45, 7) is 2.28. The second-order valence-corrected chi connectivity index (χ2v) is 6.72. The summed E-state index contributed by atoms with van der Waals surface area (Å²) in [4.78, 5) is 16.5. The molecule has 0 bridgehead atoms. The molecule has 0 spiro atoms. The number of ether oxygens (including phenoxy) is 1. The summed E-state index contributed by atoms with van der Waals surface area (Å²) in [6.07, 6.45) is 1.43. The van der Waals surface area contributed by atoms with Crippen molar-refractivity contribution in [1.29, 1.82) is 5.26 Å². The van der Waals surface area contributed by atoms with Gasteiger partial charge in [0, 0.05) is 22.8 Å². The van der Waals surface area contributed by atoms with Crippen LogP contribution in [0, 0.1) is 18.3 Å². The molecule has 2 aromatic carbocycles. The lowest BCUT2D eigenvalue weighted by atomic mass is 10.1. The standard InChI is InChI=1S/C21H18N4O2S/c1-15-14-28-21(24-15)18(11-22)12-23-25-20(26)17-9-7-16(8-10-17)13-27-19-5-3-2-4-6-19/h2-10,12,14,23H,13H2,1H3,(H,25,26)/b18-12+. The number of hydrogen-bond donors (Lipinski definition) is 2. The number of nitrogens with zero attached hydrogens (tertiary/aromatic N) is 2. The topological polar surface area (TPSA) is 87.0 Å². The summed E-state index contributed by atoms with van der Waals surface area (Å²) in [5, 5.41) is 11.7. The highest BCUT2D eigenvalue weighted by atomic mass is 32.1. The second kappa shape index (κ2) is 9.35. The van der Waals surface area contributed by atoms with Crippen LogP contribution in [-0.2, 0) is 6.61 Å². The number of carbonyl (C=O) groups is 1. The Morgan fingerprint density at radius 1 is 1.21 bits per heavy atom. The third-order valence-electron chi connectivity index (χ3n) is 3.74. The van der Waals surface area contributed by atoms with Crippen LogP contribution in [0.4, 0.5) is 0 Å². The van der Waals surface area contributed by atoms with Crippen molar-refractivity contribution in [1.82, 2.24) is 15.8 Å². The number of aryl methyl sites for hydroxylation is 1. The van der Waals surface area contributed by atoms with Crippen LogP contribution < -0.4 is 15.6 Å². The fraction of sp³-hybridized carbons (Fsp3) is 0.0952. The number of benzene rings is 2. The van der Waals surface area contributed by atoms with E-state index in [9.17, 15) is 10.1 Å². The molecule has 1 amide bonds. The summed E-state index contributed by atoms with van der Waals surface area (Å²) in [5.74, 6) is 0.489. The molecular formula is C21H18N4O2S. The molecule has 0 fully saturated rings. The van der Waals surface area contributed by atoms with Gasteiger partial charge in [-0.3, -0.25) is 10.2 Å². The highest BCUT2D eigenvalue weighted by molar-refractivity contribution is 7.10. The zero-order valence-electron chi connectivity index (χ0n) is 15.2. The molecule has 0 atom stereocenters. The molecule has 0 saturated heterocycles. The Morgan fingerprint density at radius 2 is 1.96 bits per heavy atom. The minimum Gasteiger partial charge on any atom is -0.489 e. The van der Waals surface area contributed by atoms with E-state index in [0.29, 0.717) is 22.8 Å². The van der Waals surface area contributed by atoms with Crippen molar-refractivity contribution in [3.63, 3.8) is 0 Å². The summed E-state index contributed by atoms with van der Waals surface area (Å²) in [7, 11) is 0. The molecular weight excluding hydrogens is 372 g/mol. The van der Waals surface area contributed by atoms with Gasteiger partial charge in [-0.2, -0.15) is 5.26 Å². The van der Waals surface area contributed by atoms with E-state index in [1.807, 2.05) is 54.8 Å². The van der Waals surface area contributed by atoms with Crippen LogP contribution in [-0.4, -0.2) is 10.9 Å². The summed E-state index contributed by atoms with van der Waals surface area (Å²) < 4.78 is 5.68. The maximum atomic E-state index is 12.2. The number of allylic oxidation sites excluding steroid dienone is 1. The van der Waals surface area contributed by atoms with Gasteiger partial charge in [0.1, 0.15) is 29.0 Å². The lowest BCUT2D eigenvalue weighted by Crippen LogP contribution is -2.33. The van der Waals surface area contributed by atoms with E-state index in [1.54, 1.807) is 12.1 Å². The molecule has 0 aliphatic rings. The molecule has 0 radical (unpaired) electrons. The zero-order chi connectivity index (χ0) is 19.8. The number of aromatic nitrogens is 1. The molecule has 0 aliphatic heterocycles. The second-order valence-electron chi connectivity index (χ2n) is 5.86. The maximum Gasteiger partial charge on any atom is 0.269 e. The average molecular weight is 390 g/mol. The van der Waals surface area contributed by atoms with Crippen LogP contribution in [0.15, 0.2) is 66.2 Å². The Hall–Kier alpha value is -3.63. The number of para-hydroxylation sites is 1. The predicted octanol–water partition coefficient (Wildman–Crippen LogP) is 3.83. The molecule has 0 aliphatic carbocycles. The number of thiazole rings is 1. The first-order chi connectivity index (χ1) is 13.7. The van der Waals surface area contributed by atoms with Gasteiger partial charge in [-0.05, 0) is 36.8 Å². The van der Waals surface area contributed by atoms with Crippen molar-refractivity contribution in [3.8, 4) is 11.8 Å². The van der Waals surface area contributed by atoms with E-state index in [2.05, 4.69) is 21.9 Å². The number of nitriles is 1. The number of nitrogens with one attached hydrogen (secondary N) is 2. The molecule has 3 aromatic rings. The third-order valence-corrected chi connectivity index (χ3v) is 4.73. The van der Waals surface area contributed by atoms with Crippen molar-refractivity contribution in [2.75, 3.05) is 0 Å². The van der Waals surface area contributed by atoms with Gasteiger partial charge in [-0.1, -0.05) is 30.3 Å². The number of amides is 1. The van der Waals surface area contributed by atoms with E-state index >= 15 is 0 Å². The van der Waals surface area contributed by atoms with E-state index in [0.717, 1.165) is 17.0 Å². The van der Waals surface area contributed by atoms with Gasteiger partial charge in [0.05, 0.1) is 0 Å². The number of hydrogen-bond acceptors (Lipinski definition) is 6. The average Bonchev–Trinajstić information content (AvgIpc) is 3.16. The largest absolute Gasteiger partial charge is 0.489 e. The van der Waals surface area contributed by atoms with Gasteiger partial charge >= 0.3 is 0 Å². The van der Waals surface area contributed by atoms with Gasteiger partial charge in [0.25, 0.3) is 5.91 Å². The van der Waals surface area contributed by atoms with E-state index < -0.39 is 0 Å². The van der Waals surface area contributed by atoms with Crippen LogP contribution in [0.5, 0.6) is 5.75 Å². The van der Waals surface area contributed by atoms with Crippen LogP contribution in [0.25, 0.3) is 5.57 Å². The van der Waals surface area contributed by atoms with Crippen molar-refractivity contribution in [3.05, 3.63) is 88.0 Å². The first-order valence-electron chi connectivity index (χ1n) is 8.51. The lowest BCUT2D eigenvalue weighted by molar-refractivity contribution is 0.0941. The van der Waals surface area contributed by atoms with Crippen molar-refractivity contribution in [2.24, 2.45) is 0 Å². The Morgan fingerprint density at radius 3 is 2.61 bits per heavy atom. The number of rotatable bonds is 7. The summed E-state index contributed by atoms with van der Waals surface area (Å²) >= 11 is 1.38. The maximum absolute atomic E-state index is 12.2. The predicted molar refractivity (Wildman–Crippen MR) is 108 cm³/mol. The van der Waals surface area contributed by atoms with E-state index in [1.165, 1.54) is 17.5 Å². The number of hydrazine groups is 1. The normalized spacial score (nSPS) is 10.8. The smallest absolute Gasteiger partial charge is 0.269 e. The fourth-order valence-electron chi connectivity index (χ4n) is 2.30. The van der Waals surface area contributed by atoms with E-state index in [4.69, 9.17) is 4.74 Å². The molecule has 140 valence electrons. The molecule has 28 heavy (non-hydrogen) atoms. The molecule has 2 N–H and O–H groups in total. The van der Waals surface area contributed by atoms with Crippen molar-refractivity contribution >= 4 is 22.8 Å². The molecule has 1 aromatic heterocycles. The highest BCUT2D eigenvalue weighted by Gasteiger charge is 2.07. The molecule has 1 heterocycles. The van der Waals surface area contributed by atoms with Crippen LogP contribution in [0.3, 0.4) is 0 Å². The van der Waals surface area contributed by atoms with Crippen molar-refractivity contribution < 1.29 is 9.53 Å². The molecule has 3 rings (SSSR count). The SMILES string of the molecule is Cc1csc(/C(C#N)=C/NNC(=O)c2ccc(COc3ccccc3)cc2)n1. The quantitative estimate of drug-likeness (QED) is 0.473. The zero-order valence-corrected chi connectivity index (χ0v) is 16.0. The molecule has 0 saturated carbocycles. The van der Waals surface area contributed by atoms with Gasteiger partial charge in [-0.15, -0.1) is 11.3 Å². The van der Waals surface area contributed by atoms with Gasteiger partial charge in [-0.25, -0.2) is 4.98 Å².